The van der Waals surface area contributed by atoms with Gasteiger partial charge in [-0.1, -0.05) is 41.5 Å². The van der Waals surface area contributed by atoms with Gasteiger partial charge >= 0.3 is 0 Å². The molecule has 1 aliphatic rings. The average Bonchev–Trinajstić information content (AvgIpc) is 2.24. The average molecular weight is 268 g/mol. The standard InChI is InChI=1S/C17H36N2/c1-7-9-19(10-8-2)17(14-18)12-15(3,4)11-16(5,6)13-17/h7-14,18H2,1-6H3. The SMILES string of the molecule is CCCN(CCC)C1(CN)CC(C)(C)CC(C)(C)C1. The van der Waals surface area contributed by atoms with Crippen LogP contribution in [-0.2, 0) is 0 Å². The van der Waals surface area contributed by atoms with Crippen LogP contribution in [0.15, 0.2) is 0 Å². The van der Waals surface area contributed by atoms with Gasteiger partial charge in [-0.3, -0.25) is 4.90 Å². The van der Waals surface area contributed by atoms with E-state index >= 15 is 0 Å². The van der Waals surface area contributed by atoms with Gasteiger partial charge in [0, 0.05) is 12.1 Å². The van der Waals surface area contributed by atoms with Crippen molar-refractivity contribution in [2.45, 2.75) is 79.2 Å². The van der Waals surface area contributed by atoms with Crippen LogP contribution < -0.4 is 5.73 Å². The monoisotopic (exact) mass is 268 g/mol. The van der Waals surface area contributed by atoms with Crippen LogP contribution in [-0.4, -0.2) is 30.1 Å². The van der Waals surface area contributed by atoms with Crippen LogP contribution >= 0.6 is 0 Å². The highest BCUT2D eigenvalue weighted by Crippen LogP contribution is 2.51. The zero-order valence-corrected chi connectivity index (χ0v) is 14.2. The normalized spacial score (nSPS) is 24.6. The fourth-order valence-corrected chi connectivity index (χ4v) is 4.89. The van der Waals surface area contributed by atoms with Gasteiger partial charge < -0.3 is 5.73 Å². The highest BCUT2D eigenvalue weighted by molar-refractivity contribution is 5.04. The third kappa shape index (κ3) is 4.19. The number of hydrogen-bond donors (Lipinski definition) is 1. The molecule has 2 N–H and O–H groups in total. The minimum absolute atomic E-state index is 0.220. The molecule has 1 saturated carbocycles. The number of nitrogens with two attached hydrogens (primary N) is 1. The second kappa shape index (κ2) is 6.13. The van der Waals surface area contributed by atoms with Gasteiger partial charge in [0.15, 0.2) is 0 Å². The Bertz CT molecular complexity index is 259. The molecule has 2 heteroatoms. The Hall–Kier alpha value is -0.0800. The molecule has 114 valence electrons. The van der Waals surface area contributed by atoms with Crippen molar-refractivity contribution in [3.8, 4) is 0 Å². The Labute approximate surface area is 121 Å². The Kier molecular flexibility index (Phi) is 5.48. The highest BCUT2D eigenvalue weighted by Gasteiger charge is 2.49. The molecule has 0 unspecified atom stereocenters. The molecule has 0 heterocycles. The summed E-state index contributed by atoms with van der Waals surface area (Å²) in [5.41, 5.74) is 7.33. The van der Waals surface area contributed by atoms with E-state index in [9.17, 15) is 0 Å². The maximum Gasteiger partial charge on any atom is 0.0341 e. The summed E-state index contributed by atoms with van der Waals surface area (Å²) in [5.74, 6) is 0. The molecule has 0 aliphatic heterocycles. The van der Waals surface area contributed by atoms with Crippen LogP contribution in [0.5, 0.6) is 0 Å². The summed E-state index contributed by atoms with van der Waals surface area (Å²) in [4.78, 5) is 2.70. The zero-order chi connectivity index (χ0) is 14.7. The lowest BCUT2D eigenvalue weighted by atomic mass is 9.58. The maximum atomic E-state index is 6.30. The first-order chi connectivity index (χ1) is 8.70. The number of rotatable bonds is 6. The molecule has 0 aromatic heterocycles. The van der Waals surface area contributed by atoms with Crippen molar-refractivity contribution in [3.63, 3.8) is 0 Å². The van der Waals surface area contributed by atoms with E-state index in [2.05, 4.69) is 46.4 Å². The Morgan fingerprint density at radius 1 is 0.842 bits per heavy atom. The van der Waals surface area contributed by atoms with Crippen LogP contribution in [0.3, 0.4) is 0 Å². The van der Waals surface area contributed by atoms with E-state index in [0.29, 0.717) is 10.8 Å². The molecule has 1 rings (SSSR count). The lowest BCUT2D eigenvalue weighted by Gasteiger charge is -2.56. The molecule has 0 amide bonds. The van der Waals surface area contributed by atoms with E-state index in [4.69, 9.17) is 5.73 Å². The molecule has 19 heavy (non-hydrogen) atoms. The molecular formula is C17H36N2. The fraction of sp³-hybridized carbons (Fsp3) is 1.00. The Balaban J connectivity index is 3.05. The Morgan fingerprint density at radius 2 is 1.26 bits per heavy atom. The van der Waals surface area contributed by atoms with Crippen molar-refractivity contribution < 1.29 is 0 Å². The third-order valence-electron chi connectivity index (χ3n) is 4.61. The van der Waals surface area contributed by atoms with Gasteiger partial charge in [0.1, 0.15) is 0 Å². The second-order valence-corrected chi connectivity index (χ2v) is 8.27. The van der Waals surface area contributed by atoms with E-state index in [1.807, 2.05) is 0 Å². The van der Waals surface area contributed by atoms with Crippen molar-refractivity contribution in [2.24, 2.45) is 16.6 Å². The molecule has 2 nitrogen and oxygen atoms in total. The van der Waals surface area contributed by atoms with Gasteiger partial charge in [-0.05, 0) is 56.0 Å². The summed E-state index contributed by atoms with van der Waals surface area (Å²) in [5, 5.41) is 0. The van der Waals surface area contributed by atoms with E-state index < -0.39 is 0 Å². The predicted molar refractivity (Wildman–Crippen MR) is 85.4 cm³/mol. The minimum atomic E-state index is 0.220. The van der Waals surface area contributed by atoms with Crippen molar-refractivity contribution in [1.82, 2.24) is 4.90 Å². The van der Waals surface area contributed by atoms with E-state index in [0.717, 1.165) is 6.54 Å². The zero-order valence-electron chi connectivity index (χ0n) is 14.2. The molecular weight excluding hydrogens is 232 g/mol. The van der Waals surface area contributed by atoms with E-state index in [-0.39, 0.29) is 5.54 Å². The maximum absolute atomic E-state index is 6.30. The summed E-state index contributed by atoms with van der Waals surface area (Å²) in [6, 6.07) is 0. The highest BCUT2D eigenvalue weighted by atomic mass is 15.2. The van der Waals surface area contributed by atoms with Gasteiger partial charge in [-0.2, -0.15) is 0 Å². The summed E-state index contributed by atoms with van der Waals surface area (Å²) < 4.78 is 0. The number of nitrogens with zero attached hydrogens (tertiary/aromatic N) is 1. The van der Waals surface area contributed by atoms with Crippen LogP contribution in [0, 0.1) is 10.8 Å². The fourth-order valence-electron chi connectivity index (χ4n) is 4.89. The molecule has 0 radical (unpaired) electrons. The topological polar surface area (TPSA) is 29.3 Å². The van der Waals surface area contributed by atoms with Crippen molar-refractivity contribution in [2.75, 3.05) is 19.6 Å². The van der Waals surface area contributed by atoms with Crippen LogP contribution in [0.4, 0.5) is 0 Å². The predicted octanol–water partition coefficient (Wildman–Crippen LogP) is 4.04. The van der Waals surface area contributed by atoms with Crippen LogP contribution in [0.25, 0.3) is 0 Å². The lowest BCUT2D eigenvalue weighted by Crippen LogP contribution is -2.61. The molecule has 0 aromatic carbocycles. The second-order valence-electron chi connectivity index (χ2n) is 8.27. The van der Waals surface area contributed by atoms with Gasteiger partial charge in [-0.25, -0.2) is 0 Å². The van der Waals surface area contributed by atoms with Crippen molar-refractivity contribution in [3.05, 3.63) is 0 Å². The van der Waals surface area contributed by atoms with Gasteiger partial charge in [-0.15, -0.1) is 0 Å². The largest absolute Gasteiger partial charge is 0.329 e. The first kappa shape index (κ1) is 17.0. The first-order valence-corrected chi connectivity index (χ1v) is 8.15. The van der Waals surface area contributed by atoms with Crippen molar-refractivity contribution in [1.29, 1.82) is 0 Å². The van der Waals surface area contributed by atoms with Crippen molar-refractivity contribution >= 4 is 0 Å². The molecule has 0 aromatic rings. The smallest absolute Gasteiger partial charge is 0.0341 e. The summed E-state index contributed by atoms with van der Waals surface area (Å²) >= 11 is 0. The van der Waals surface area contributed by atoms with Crippen LogP contribution in [0.1, 0.15) is 73.6 Å². The molecule has 0 saturated heterocycles. The summed E-state index contributed by atoms with van der Waals surface area (Å²) in [6.07, 6.45) is 6.26. The molecule has 1 aliphatic carbocycles. The van der Waals surface area contributed by atoms with E-state index in [1.165, 1.54) is 45.2 Å². The van der Waals surface area contributed by atoms with Gasteiger partial charge in [0.25, 0.3) is 0 Å². The minimum Gasteiger partial charge on any atom is -0.329 e. The lowest BCUT2D eigenvalue weighted by molar-refractivity contribution is -0.0437. The third-order valence-corrected chi connectivity index (χ3v) is 4.61. The van der Waals surface area contributed by atoms with Crippen LogP contribution in [0.2, 0.25) is 0 Å². The number of hydrogen-bond acceptors (Lipinski definition) is 2. The van der Waals surface area contributed by atoms with Gasteiger partial charge in [0.05, 0.1) is 0 Å². The van der Waals surface area contributed by atoms with Gasteiger partial charge in [0.2, 0.25) is 0 Å². The quantitative estimate of drug-likeness (QED) is 0.787. The van der Waals surface area contributed by atoms with E-state index in [1.54, 1.807) is 0 Å². The summed E-state index contributed by atoms with van der Waals surface area (Å²) in [6.45, 7) is 17.5. The molecule has 0 spiro atoms. The summed E-state index contributed by atoms with van der Waals surface area (Å²) in [7, 11) is 0. The Morgan fingerprint density at radius 3 is 1.58 bits per heavy atom. The molecule has 1 fully saturated rings. The molecule has 0 atom stereocenters. The molecule has 0 bridgehead atoms. The first-order valence-electron chi connectivity index (χ1n) is 8.15.